The largest absolute Gasteiger partial charge is 0.419 e. The van der Waals surface area contributed by atoms with Crippen molar-refractivity contribution in [2.75, 3.05) is 6.54 Å². The molecule has 1 aromatic rings. The third-order valence-corrected chi connectivity index (χ3v) is 3.16. The Balaban J connectivity index is 2.35. The van der Waals surface area contributed by atoms with Crippen LogP contribution in [0.25, 0.3) is 0 Å². The van der Waals surface area contributed by atoms with E-state index in [0.29, 0.717) is 12.1 Å². The molecule has 1 aliphatic rings. The van der Waals surface area contributed by atoms with Gasteiger partial charge in [0.2, 0.25) is 0 Å². The lowest BCUT2D eigenvalue weighted by Gasteiger charge is -2.29. The third kappa shape index (κ3) is 3.02. The summed E-state index contributed by atoms with van der Waals surface area (Å²) in [6, 6.07) is 2.27. The second-order valence-corrected chi connectivity index (χ2v) is 4.47. The first-order valence-corrected chi connectivity index (χ1v) is 5.67. The molecule has 0 saturated carbocycles. The van der Waals surface area contributed by atoms with E-state index < -0.39 is 35.9 Å². The SMILES string of the molecule is Fc1ccc(C2CC(F)NCC2F)cc1C(F)(F)F. The smallest absolute Gasteiger partial charge is 0.285 e. The zero-order valence-electron chi connectivity index (χ0n) is 9.65. The molecule has 0 spiro atoms. The highest BCUT2D eigenvalue weighted by Gasteiger charge is 2.37. The minimum absolute atomic E-state index is 0.0367. The van der Waals surface area contributed by atoms with Crippen molar-refractivity contribution in [2.24, 2.45) is 0 Å². The van der Waals surface area contributed by atoms with Crippen molar-refractivity contribution >= 4 is 0 Å². The highest BCUT2D eigenvalue weighted by atomic mass is 19.4. The Hall–Kier alpha value is -1.24. The molecule has 0 aromatic heterocycles. The van der Waals surface area contributed by atoms with E-state index in [1.807, 2.05) is 0 Å². The summed E-state index contributed by atoms with van der Waals surface area (Å²) in [4.78, 5) is 0. The summed E-state index contributed by atoms with van der Waals surface area (Å²) >= 11 is 0. The van der Waals surface area contributed by atoms with Crippen LogP contribution in [-0.4, -0.2) is 19.0 Å². The van der Waals surface area contributed by atoms with E-state index in [-0.39, 0.29) is 18.5 Å². The molecule has 3 unspecified atom stereocenters. The normalized spacial score (nSPS) is 28.4. The molecule has 1 saturated heterocycles. The molecule has 1 aliphatic heterocycles. The Morgan fingerprint density at radius 1 is 1.16 bits per heavy atom. The fourth-order valence-corrected chi connectivity index (χ4v) is 2.17. The average molecular weight is 283 g/mol. The molecule has 7 heteroatoms. The van der Waals surface area contributed by atoms with Crippen LogP contribution in [0.3, 0.4) is 0 Å². The number of benzene rings is 1. The summed E-state index contributed by atoms with van der Waals surface area (Å²) < 4.78 is 77.5. The highest BCUT2D eigenvalue weighted by Crippen LogP contribution is 2.36. The van der Waals surface area contributed by atoms with Crippen LogP contribution in [0, 0.1) is 5.82 Å². The number of hydrogen-bond acceptors (Lipinski definition) is 1. The van der Waals surface area contributed by atoms with E-state index in [1.165, 1.54) is 0 Å². The molecule has 3 atom stereocenters. The van der Waals surface area contributed by atoms with E-state index in [1.54, 1.807) is 0 Å². The Morgan fingerprint density at radius 2 is 1.84 bits per heavy atom. The van der Waals surface area contributed by atoms with Crippen molar-refractivity contribution in [1.29, 1.82) is 0 Å². The maximum atomic E-state index is 13.6. The van der Waals surface area contributed by atoms with Gasteiger partial charge in [0.1, 0.15) is 12.0 Å². The van der Waals surface area contributed by atoms with Gasteiger partial charge in [-0.1, -0.05) is 6.07 Å². The monoisotopic (exact) mass is 283 g/mol. The standard InChI is InChI=1S/C12H11F6N/c13-9-2-1-6(3-8(9)12(16,17)18)7-4-11(15)19-5-10(7)14/h1-3,7,10-11,19H,4-5H2. The van der Waals surface area contributed by atoms with E-state index in [9.17, 15) is 26.3 Å². The van der Waals surface area contributed by atoms with Crippen LogP contribution < -0.4 is 5.32 Å². The predicted molar refractivity (Wildman–Crippen MR) is 56.6 cm³/mol. The summed E-state index contributed by atoms with van der Waals surface area (Å²) in [6.07, 6.45) is -8.10. The fraction of sp³-hybridized carbons (Fsp3) is 0.500. The van der Waals surface area contributed by atoms with Crippen molar-refractivity contribution in [2.45, 2.75) is 31.0 Å². The minimum Gasteiger partial charge on any atom is -0.285 e. The molecule has 1 fully saturated rings. The zero-order valence-corrected chi connectivity index (χ0v) is 9.65. The summed E-state index contributed by atoms with van der Waals surface area (Å²) in [5.74, 6) is -2.42. The lowest BCUT2D eigenvalue weighted by molar-refractivity contribution is -0.140. The van der Waals surface area contributed by atoms with Gasteiger partial charge in [0, 0.05) is 18.9 Å². The van der Waals surface area contributed by atoms with Crippen molar-refractivity contribution in [3.8, 4) is 0 Å². The van der Waals surface area contributed by atoms with Gasteiger partial charge in [-0.2, -0.15) is 13.2 Å². The molecule has 0 bridgehead atoms. The average Bonchev–Trinajstić information content (AvgIpc) is 2.31. The molecule has 106 valence electrons. The van der Waals surface area contributed by atoms with Crippen LogP contribution in [-0.2, 0) is 6.18 Å². The highest BCUT2D eigenvalue weighted by molar-refractivity contribution is 5.31. The van der Waals surface area contributed by atoms with Gasteiger partial charge < -0.3 is 0 Å². The summed E-state index contributed by atoms with van der Waals surface area (Å²) in [5, 5.41) is 2.25. The Labute approximate surface area is 105 Å². The van der Waals surface area contributed by atoms with E-state index in [0.717, 1.165) is 6.07 Å². The number of halogens is 6. The minimum atomic E-state index is -4.85. The molecule has 0 aliphatic carbocycles. The van der Waals surface area contributed by atoms with Crippen LogP contribution in [0.4, 0.5) is 26.3 Å². The maximum absolute atomic E-state index is 13.6. The molecule has 1 nitrogen and oxygen atoms in total. The van der Waals surface area contributed by atoms with Gasteiger partial charge in [-0.15, -0.1) is 0 Å². The molecule has 0 radical (unpaired) electrons. The number of hydrogen-bond donors (Lipinski definition) is 1. The third-order valence-electron chi connectivity index (χ3n) is 3.16. The molecule has 19 heavy (non-hydrogen) atoms. The Bertz CT molecular complexity index is 458. The summed E-state index contributed by atoms with van der Waals surface area (Å²) in [5.41, 5.74) is -1.49. The van der Waals surface area contributed by atoms with E-state index in [4.69, 9.17) is 0 Å². The maximum Gasteiger partial charge on any atom is 0.419 e. The number of nitrogens with one attached hydrogen (secondary N) is 1. The van der Waals surface area contributed by atoms with Crippen molar-refractivity contribution < 1.29 is 26.3 Å². The van der Waals surface area contributed by atoms with Gasteiger partial charge in [-0.25, -0.2) is 13.2 Å². The molecular weight excluding hydrogens is 272 g/mol. The Kier molecular flexibility index (Phi) is 3.75. The first-order valence-electron chi connectivity index (χ1n) is 5.67. The van der Waals surface area contributed by atoms with Crippen LogP contribution in [0.15, 0.2) is 18.2 Å². The van der Waals surface area contributed by atoms with Crippen LogP contribution >= 0.6 is 0 Å². The molecule has 1 N–H and O–H groups in total. The van der Waals surface area contributed by atoms with Crippen LogP contribution in [0.1, 0.15) is 23.5 Å². The number of alkyl halides is 5. The topological polar surface area (TPSA) is 12.0 Å². The molecule has 1 aromatic carbocycles. The van der Waals surface area contributed by atoms with Crippen molar-refractivity contribution in [3.05, 3.63) is 35.1 Å². The van der Waals surface area contributed by atoms with Crippen molar-refractivity contribution in [3.63, 3.8) is 0 Å². The quantitative estimate of drug-likeness (QED) is 0.614. The molecule has 0 amide bonds. The van der Waals surface area contributed by atoms with Gasteiger partial charge in [0.05, 0.1) is 5.56 Å². The van der Waals surface area contributed by atoms with E-state index in [2.05, 4.69) is 5.32 Å². The lowest BCUT2D eigenvalue weighted by atomic mass is 9.87. The van der Waals surface area contributed by atoms with Crippen molar-refractivity contribution in [1.82, 2.24) is 5.32 Å². The zero-order chi connectivity index (χ0) is 14.2. The van der Waals surface area contributed by atoms with Gasteiger partial charge in [-0.05, 0) is 17.7 Å². The fourth-order valence-electron chi connectivity index (χ4n) is 2.17. The van der Waals surface area contributed by atoms with Crippen LogP contribution in [0.5, 0.6) is 0 Å². The molecule has 2 rings (SSSR count). The summed E-state index contributed by atoms with van der Waals surface area (Å²) in [6.45, 7) is -0.273. The van der Waals surface area contributed by atoms with E-state index >= 15 is 0 Å². The number of rotatable bonds is 1. The summed E-state index contributed by atoms with van der Waals surface area (Å²) in [7, 11) is 0. The lowest BCUT2D eigenvalue weighted by Crippen LogP contribution is -2.41. The molecule has 1 heterocycles. The first-order chi connectivity index (χ1) is 8.79. The number of piperidine rings is 1. The van der Waals surface area contributed by atoms with Gasteiger partial charge in [-0.3, -0.25) is 5.32 Å². The molecular formula is C12H11F6N. The van der Waals surface area contributed by atoms with Gasteiger partial charge in [0.25, 0.3) is 0 Å². The second kappa shape index (κ2) is 5.03. The van der Waals surface area contributed by atoms with Gasteiger partial charge >= 0.3 is 6.18 Å². The Morgan fingerprint density at radius 3 is 2.47 bits per heavy atom. The van der Waals surface area contributed by atoms with Crippen LogP contribution in [0.2, 0.25) is 0 Å². The second-order valence-electron chi connectivity index (χ2n) is 4.47. The predicted octanol–water partition coefficient (Wildman–Crippen LogP) is 3.56. The first kappa shape index (κ1) is 14.2. The van der Waals surface area contributed by atoms with Gasteiger partial charge in [0.15, 0.2) is 6.30 Å².